The van der Waals surface area contributed by atoms with Crippen molar-refractivity contribution >= 4 is 0 Å². The second kappa shape index (κ2) is 8.10. The molecule has 1 saturated carbocycles. The lowest BCUT2D eigenvalue weighted by Crippen LogP contribution is -2.42. The molecule has 0 heterocycles. The Morgan fingerprint density at radius 1 is 1.12 bits per heavy atom. The molecule has 0 saturated heterocycles. The molecule has 1 aliphatic carbocycles. The second-order valence-corrected chi connectivity index (χ2v) is 5.74. The van der Waals surface area contributed by atoms with Crippen molar-refractivity contribution in [2.24, 2.45) is 11.8 Å². The van der Waals surface area contributed by atoms with Crippen molar-refractivity contribution in [3.63, 3.8) is 0 Å². The van der Waals surface area contributed by atoms with Crippen LogP contribution in [0.2, 0.25) is 0 Å². The Balaban J connectivity index is 2.36. The van der Waals surface area contributed by atoms with E-state index in [4.69, 9.17) is 4.74 Å². The summed E-state index contributed by atoms with van der Waals surface area (Å²) in [6, 6.07) is 0.570. The van der Waals surface area contributed by atoms with Crippen LogP contribution in [0.1, 0.15) is 59.8 Å². The maximum absolute atomic E-state index is 5.80. The molecule has 0 amide bonds. The highest BCUT2D eigenvalue weighted by Gasteiger charge is 2.26. The average molecular weight is 241 g/mol. The van der Waals surface area contributed by atoms with E-state index in [1.54, 1.807) is 0 Å². The van der Waals surface area contributed by atoms with Crippen LogP contribution in [0.4, 0.5) is 0 Å². The molecule has 1 rings (SSSR count). The molecule has 17 heavy (non-hydrogen) atoms. The van der Waals surface area contributed by atoms with Crippen molar-refractivity contribution in [2.75, 3.05) is 13.2 Å². The predicted octanol–water partition coefficient (Wildman–Crippen LogP) is 3.61. The van der Waals surface area contributed by atoms with Crippen LogP contribution >= 0.6 is 0 Å². The monoisotopic (exact) mass is 241 g/mol. The SMILES string of the molecule is CCNC(COC(C)C)C1CCC(CC)CC1. The van der Waals surface area contributed by atoms with Gasteiger partial charge in [0.2, 0.25) is 0 Å². The Morgan fingerprint density at radius 3 is 2.24 bits per heavy atom. The first-order chi connectivity index (χ1) is 8.17. The van der Waals surface area contributed by atoms with E-state index in [1.165, 1.54) is 32.1 Å². The maximum Gasteiger partial charge on any atom is 0.0625 e. The van der Waals surface area contributed by atoms with Crippen LogP contribution in [-0.4, -0.2) is 25.3 Å². The van der Waals surface area contributed by atoms with Gasteiger partial charge in [0, 0.05) is 6.04 Å². The minimum Gasteiger partial charge on any atom is -0.377 e. The summed E-state index contributed by atoms with van der Waals surface area (Å²) < 4.78 is 5.80. The molecular weight excluding hydrogens is 210 g/mol. The summed E-state index contributed by atoms with van der Waals surface area (Å²) in [6.45, 7) is 10.7. The summed E-state index contributed by atoms with van der Waals surface area (Å²) in [6.07, 6.45) is 7.33. The van der Waals surface area contributed by atoms with Crippen LogP contribution in [0, 0.1) is 11.8 Å². The average Bonchev–Trinajstić information content (AvgIpc) is 2.34. The number of ether oxygens (including phenoxy) is 1. The molecule has 1 atom stereocenters. The number of rotatable bonds is 7. The van der Waals surface area contributed by atoms with Crippen LogP contribution < -0.4 is 5.32 Å². The Kier molecular flexibility index (Phi) is 7.14. The Labute approximate surface area is 108 Å². The predicted molar refractivity (Wildman–Crippen MR) is 74.3 cm³/mol. The number of hydrogen-bond acceptors (Lipinski definition) is 2. The van der Waals surface area contributed by atoms with Gasteiger partial charge in [0.15, 0.2) is 0 Å². The van der Waals surface area contributed by atoms with Gasteiger partial charge < -0.3 is 10.1 Å². The molecule has 1 unspecified atom stereocenters. The summed E-state index contributed by atoms with van der Waals surface area (Å²) in [7, 11) is 0. The van der Waals surface area contributed by atoms with Gasteiger partial charge in [0.1, 0.15) is 0 Å². The van der Waals surface area contributed by atoms with Gasteiger partial charge in [-0.15, -0.1) is 0 Å². The van der Waals surface area contributed by atoms with Crippen LogP contribution in [0.15, 0.2) is 0 Å². The zero-order valence-corrected chi connectivity index (χ0v) is 12.2. The van der Waals surface area contributed by atoms with E-state index in [2.05, 4.69) is 33.0 Å². The van der Waals surface area contributed by atoms with Crippen molar-refractivity contribution in [1.82, 2.24) is 5.32 Å². The van der Waals surface area contributed by atoms with E-state index in [1.807, 2.05) is 0 Å². The zero-order valence-electron chi connectivity index (χ0n) is 12.2. The van der Waals surface area contributed by atoms with Gasteiger partial charge in [-0.3, -0.25) is 0 Å². The van der Waals surface area contributed by atoms with E-state index in [0.717, 1.165) is 25.0 Å². The van der Waals surface area contributed by atoms with Crippen molar-refractivity contribution in [3.8, 4) is 0 Å². The zero-order chi connectivity index (χ0) is 12.7. The molecule has 1 N–H and O–H groups in total. The van der Waals surface area contributed by atoms with Gasteiger partial charge in [0.05, 0.1) is 12.7 Å². The minimum atomic E-state index is 0.350. The quantitative estimate of drug-likeness (QED) is 0.735. The van der Waals surface area contributed by atoms with Crippen LogP contribution in [0.5, 0.6) is 0 Å². The maximum atomic E-state index is 5.80. The minimum absolute atomic E-state index is 0.350. The first-order valence-corrected chi connectivity index (χ1v) is 7.52. The summed E-state index contributed by atoms with van der Waals surface area (Å²) in [4.78, 5) is 0. The normalized spacial score (nSPS) is 27.4. The molecule has 0 spiro atoms. The Morgan fingerprint density at radius 2 is 1.76 bits per heavy atom. The lowest BCUT2D eigenvalue weighted by molar-refractivity contribution is 0.0405. The third kappa shape index (κ3) is 5.39. The number of hydrogen-bond donors (Lipinski definition) is 1. The fourth-order valence-corrected chi connectivity index (χ4v) is 2.92. The topological polar surface area (TPSA) is 21.3 Å². The highest BCUT2D eigenvalue weighted by molar-refractivity contribution is 4.81. The molecule has 0 aromatic carbocycles. The third-order valence-corrected chi connectivity index (χ3v) is 4.11. The summed E-state index contributed by atoms with van der Waals surface area (Å²) in [5, 5.41) is 3.62. The highest BCUT2D eigenvalue weighted by atomic mass is 16.5. The van der Waals surface area contributed by atoms with E-state index in [-0.39, 0.29) is 0 Å². The van der Waals surface area contributed by atoms with Gasteiger partial charge in [-0.2, -0.15) is 0 Å². The second-order valence-electron chi connectivity index (χ2n) is 5.74. The van der Waals surface area contributed by atoms with E-state index < -0.39 is 0 Å². The van der Waals surface area contributed by atoms with Gasteiger partial charge in [-0.25, -0.2) is 0 Å². The molecular formula is C15H31NO. The lowest BCUT2D eigenvalue weighted by atomic mass is 9.77. The first-order valence-electron chi connectivity index (χ1n) is 7.52. The molecule has 102 valence electrons. The standard InChI is InChI=1S/C15H31NO/c1-5-13-7-9-14(10-8-13)15(16-6-2)11-17-12(3)4/h12-16H,5-11H2,1-4H3. The van der Waals surface area contributed by atoms with E-state index in [9.17, 15) is 0 Å². The third-order valence-electron chi connectivity index (χ3n) is 4.11. The Bertz CT molecular complexity index is 185. The molecule has 1 aliphatic rings. The van der Waals surface area contributed by atoms with E-state index in [0.29, 0.717) is 12.1 Å². The van der Waals surface area contributed by atoms with Gasteiger partial charge in [-0.05, 0) is 45.1 Å². The van der Waals surface area contributed by atoms with Gasteiger partial charge in [-0.1, -0.05) is 33.1 Å². The summed E-state index contributed by atoms with van der Waals surface area (Å²) in [5.41, 5.74) is 0. The smallest absolute Gasteiger partial charge is 0.0625 e. The molecule has 0 aliphatic heterocycles. The molecule has 1 fully saturated rings. The molecule has 0 radical (unpaired) electrons. The van der Waals surface area contributed by atoms with Crippen LogP contribution in [0.25, 0.3) is 0 Å². The molecule has 0 aromatic heterocycles. The number of likely N-dealkylation sites (N-methyl/N-ethyl adjacent to an activating group) is 1. The first kappa shape index (κ1) is 15.0. The lowest BCUT2D eigenvalue weighted by Gasteiger charge is -2.34. The van der Waals surface area contributed by atoms with Crippen LogP contribution in [-0.2, 0) is 4.74 Å². The van der Waals surface area contributed by atoms with Crippen molar-refractivity contribution < 1.29 is 4.74 Å². The van der Waals surface area contributed by atoms with Gasteiger partial charge in [0.25, 0.3) is 0 Å². The van der Waals surface area contributed by atoms with Crippen molar-refractivity contribution in [2.45, 2.75) is 71.9 Å². The summed E-state index contributed by atoms with van der Waals surface area (Å²) >= 11 is 0. The fraction of sp³-hybridized carbons (Fsp3) is 1.00. The highest BCUT2D eigenvalue weighted by Crippen LogP contribution is 2.32. The van der Waals surface area contributed by atoms with E-state index >= 15 is 0 Å². The van der Waals surface area contributed by atoms with Crippen molar-refractivity contribution in [3.05, 3.63) is 0 Å². The molecule has 0 aromatic rings. The number of nitrogens with one attached hydrogen (secondary N) is 1. The molecule has 2 nitrogen and oxygen atoms in total. The Hall–Kier alpha value is -0.0800. The summed E-state index contributed by atoms with van der Waals surface area (Å²) in [5.74, 6) is 1.82. The largest absolute Gasteiger partial charge is 0.377 e. The van der Waals surface area contributed by atoms with Gasteiger partial charge >= 0.3 is 0 Å². The molecule has 0 bridgehead atoms. The van der Waals surface area contributed by atoms with Crippen LogP contribution in [0.3, 0.4) is 0 Å². The molecule has 2 heteroatoms. The van der Waals surface area contributed by atoms with Crippen molar-refractivity contribution in [1.29, 1.82) is 0 Å². The fourth-order valence-electron chi connectivity index (χ4n) is 2.92.